The number of amides is 2. The summed E-state index contributed by atoms with van der Waals surface area (Å²) in [5.41, 5.74) is 8.19. The molecule has 2 aromatic carbocycles. The first-order valence-electron chi connectivity index (χ1n) is 14.4. The van der Waals surface area contributed by atoms with Crippen molar-refractivity contribution in [1.82, 2.24) is 15.1 Å². The smallest absolute Gasteiger partial charge is 0.243 e. The summed E-state index contributed by atoms with van der Waals surface area (Å²) in [5, 5.41) is 3.27. The highest BCUT2D eigenvalue weighted by molar-refractivity contribution is 5.89. The molecule has 5 rings (SSSR count). The summed E-state index contributed by atoms with van der Waals surface area (Å²) in [7, 11) is 1.66. The number of piperidine rings is 1. The molecule has 1 unspecified atom stereocenters. The van der Waals surface area contributed by atoms with Gasteiger partial charge in [-0.1, -0.05) is 24.3 Å². The van der Waals surface area contributed by atoms with Gasteiger partial charge in [0.05, 0.1) is 7.11 Å². The second-order valence-electron chi connectivity index (χ2n) is 11.5. The van der Waals surface area contributed by atoms with E-state index in [2.05, 4.69) is 16.3 Å². The summed E-state index contributed by atoms with van der Waals surface area (Å²) in [5.74, 6) is 0.681. The van der Waals surface area contributed by atoms with Crippen LogP contribution in [0, 0.1) is 11.7 Å². The van der Waals surface area contributed by atoms with Crippen molar-refractivity contribution >= 4 is 11.8 Å². The van der Waals surface area contributed by atoms with Crippen LogP contribution >= 0.6 is 0 Å². The van der Waals surface area contributed by atoms with Crippen molar-refractivity contribution in [3.63, 3.8) is 0 Å². The molecule has 8 heteroatoms. The monoisotopic (exact) mass is 536 g/mol. The average Bonchev–Trinajstić information content (AvgIpc) is 3.80. The van der Waals surface area contributed by atoms with Gasteiger partial charge in [-0.2, -0.15) is 0 Å². The van der Waals surface area contributed by atoms with Gasteiger partial charge >= 0.3 is 0 Å². The molecular formula is C31H41FN4O3. The predicted molar refractivity (Wildman–Crippen MR) is 148 cm³/mol. The molecule has 1 saturated heterocycles. The number of likely N-dealkylation sites (tertiary alicyclic amines) is 1. The molecule has 2 saturated carbocycles. The van der Waals surface area contributed by atoms with Crippen LogP contribution in [0.5, 0.6) is 5.75 Å². The number of hydrogen-bond acceptors (Lipinski definition) is 5. The quantitative estimate of drug-likeness (QED) is 0.506. The minimum atomic E-state index is -0.492. The summed E-state index contributed by atoms with van der Waals surface area (Å²) in [6.07, 6.45) is 6.77. The molecule has 7 nitrogen and oxygen atoms in total. The second-order valence-corrected chi connectivity index (χ2v) is 11.5. The van der Waals surface area contributed by atoms with Crippen LogP contribution in [0.2, 0.25) is 0 Å². The summed E-state index contributed by atoms with van der Waals surface area (Å²) < 4.78 is 19.1. The van der Waals surface area contributed by atoms with E-state index in [-0.39, 0.29) is 41.7 Å². The lowest BCUT2D eigenvalue weighted by Gasteiger charge is -2.43. The van der Waals surface area contributed by atoms with Gasteiger partial charge in [-0.25, -0.2) is 4.39 Å². The minimum Gasteiger partial charge on any atom is -0.497 e. The Hall–Kier alpha value is -2.97. The van der Waals surface area contributed by atoms with E-state index in [1.54, 1.807) is 7.11 Å². The summed E-state index contributed by atoms with van der Waals surface area (Å²) in [6.45, 7) is 1.84. The SMILES string of the molecule is COc1cccc(CN(Cc2ccc(F)cc2)C2CCN(C(=O)C3CC3)[C@@H](C(=O)NC3CCC(N)CC3)C2)c1. The van der Waals surface area contributed by atoms with Crippen LogP contribution in [0.25, 0.3) is 0 Å². The fourth-order valence-corrected chi connectivity index (χ4v) is 6.06. The number of hydrogen-bond donors (Lipinski definition) is 2. The van der Waals surface area contributed by atoms with E-state index >= 15 is 0 Å². The molecule has 3 fully saturated rings. The molecule has 0 radical (unpaired) electrons. The largest absolute Gasteiger partial charge is 0.497 e. The van der Waals surface area contributed by atoms with Crippen molar-refractivity contribution < 1.29 is 18.7 Å². The number of carbonyl (C=O) groups is 2. The van der Waals surface area contributed by atoms with Gasteiger partial charge < -0.3 is 20.7 Å². The Kier molecular flexibility index (Phi) is 8.82. The van der Waals surface area contributed by atoms with E-state index in [9.17, 15) is 14.0 Å². The predicted octanol–water partition coefficient (Wildman–Crippen LogP) is 3.99. The van der Waals surface area contributed by atoms with Crippen molar-refractivity contribution in [3.05, 3.63) is 65.5 Å². The summed E-state index contributed by atoms with van der Waals surface area (Å²) in [6, 6.07) is 14.5. The van der Waals surface area contributed by atoms with Gasteiger partial charge in [0.1, 0.15) is 17.6 Å². The minimum absolute atomic E-state index is 0.0442. The lowest BCUT2D eigenvalue weighted by molar-refractivity contribution is -0.145. The Labute approximate surface area is 230 Å². The lowest BCUT2D eigenvalue weighted by Crippen LogP contribution is -2.58. The lowest BCUT2D eigenvalue weighted by atomic mass is 9.90. The third-order valence-electron chi connectivity index (χ3n) is 8.54. The zero-order chi connectivity index (χ0) is 27.4. The van der Waals surface area contributed by atoms with Gasteiger partial charge in [0, 0.05) is 43.7 Å². The molecule has 2 aromatic rings. The number of rotatable bonds is 9. The maximum absolute atomic E-state index is 13.7. The van der Waals surface area contributed by atoms with E-state index in [0.29, 0.717) is 26.1 Å². The van der Waals surface area contributed by atoms with E-state index in [1.807, 2.05) is 35.2 Å². The van der Waals surface area contributed by atoms with Gasteiger partial charge in [-0.15, -0.1) is 0 Å². The molecule has 0 bridgehead atoms. The first kappa shape index (κ1) is 27.6. The second kappa shape index (κ2) is 12.5. The van der Waals surface area contributed by atoms with Crippen molar-refractivity contribution in [2.45, 2.75) is 88.6 Å². The molecule has 1 aliphatic heterocycles. The van der Waals surface area contributed by atoms with Gasteiger partial charge in [-0.3, -0.25) is 14.5 Å². The van der Waals surface area contributed by atoms with Gasteiger partial charge in [0.2, 0.25) is 11.8 Å². The van der Waals surface area contributed by atoms with Crippen molar-refractivity contribution in [3.8, 4) is 5.75 Å². The highest BCUT2D eigenvalue weighted by Gasteiger charge is 2.43. The number of halogens is 1. The highest BCUT2D eigenvalue weighted by atomic mass is 19.1. The summed E-state index contributed by atoms with van der Waals surface area (Å²) >= 11 is 0. The molecule has 3 aliphatic rings. The third-order valence-corrected chi connectivity index (χ3v) is 8.54. The van der Waals surface area contributed by atoms with E-state index in [4.69, 9.17) is 10.5 Å². The molecule has 3 N–H and O–H groups in total. The van der Waals surface area contributed by atoms with E-state index in [1.165, 1.54) is 12.1 Å². The van der Waals surface area contributed by atoms with Crippen LogP contribution in [0.4, 0.5) is 4.39 Å². The van der Waals surface area contributed by atoms with E-state index in [0.717, 1.165) is 61.8 Å². The van der Waals surface area contributed by atoms with Crippen LogP contribution in [-0.4, -0.2) is 59.4 Å². The Morgan fingerprint density at radius 2 is 1.72 bits per heavy atom. The topological polar surface area (TPSA) is 87.9 Å². The maximum atomic E-state index is 13.7. The number of carbonyl (C=O) groups excluding carboxylic acids is 2. The Balaban J connectivity index is 1.36. The summed E-state index contributed by atoms with van der Waals surface area (Å²) in [4.78, 5) is 31.1. The maximum Gasteiger partial charge on any atom is 0.243 e. The first-order chi connectivity index (χ1) is 18.9. The molecule has 210 valence electrons. The van der Waals surface area contributed by atoms with Gasteiger partial charge in [0.15, 0.2) is 0 Å². The van der Waals surface area contributed by atoms with Crippen molar-refractivity contribution in [2.24, 2.45) is 11.7 Å². The number of benzene rings is 2. The zero-order valence-electron chi connectivity index (χ0n) is 22.9. The Morgan fingerprint density at radius 3 is 2.41 bits per heavy atom. The number of nitrogens with one attached hydrogen (secondary N) is 1. The number of ether oxygens (including phenoxy) is 1. The molecular weight excluding hydrogens is 495 g/mol. The van der Waals surface area contributed by atoms with Crippen LogP contribution in [-0.2, 0) is 22.7 Å². The Bertz CT molecular complexity index is 1130. The average molecular weight is 537 g/mol. The van der Waals surface area contributed by atoms with Crippen molar-refractivity contribution in [2.75, 3.05) is 13.7 Å². The number of methoxy groups -OCH3 is 1. The molecule has 0 spiro atoms. The van der Waals surface area contributed by atoms with Crippen LogP contribution < -0.4 is 15.8 Å². The molecule has 2 amide bonds. The van der Waals surface area contributed by atoms with Gasteiger partial charge in [0.25, 0.3) is 0 Å². The molecule has 1 heterocycles. The third kappa shape index (κ3) is 7.17. The van der Waals surface area contributed by atoms with Crippen molar-refractivity contribution in [1.29, 1.82) is 0 Å². The standard InChI is InChI=1S/C31H41FN4O3/c1-39-28-4-2-3-22(17-28)20-35(19-21-5-9-24(32)10-6-21)27-15-16-36(31(38)23-7-8-23)29(18-27)30(37)34-26-13-11-25(33)12-14-26/h2-6,9-10,17,23,25-27,29H,7-8,11-16,18-20,33H2,1H3,(H,34,37)/t25?,26?,27?,29-/m1/s1. The fraction of sp³-hybridized carbons (Fsp3) is 0.548. The molecule has 2 aliphatic carbocycles. The van der Waals surface area contributed by atoms with Crippen LogP contribution in [0.15, 0.2) is 48.5 Å². The van der Waals surface area contributed by atoms with Gasteiger partial charge in [-0.05, 0) is 86.8 Å². The zero-order valence-corrected chi connectivity index (χ0v) is 22.9. The normalized spacial score (nSPS) is 25.4. The molecule has 0 aromatic heterocycles. The number of nitrogens with zero attached hydrogens (tertiary/aromatic N) is 2. The van der Waals surface area contributed by atoms with Crippen LogP contribution in [0.1, 0.15) is 62.5 Å². The van der Waals surface area contributed by atoms with E-state index < -0.39 is 6.04 Å². The first-order valence-corrected chi connectivity index (χ1v) is 14.4. The molecule has 39 heavy (non-hydrogen) atoms. The molecule has 2 atom stereocenters. The van der Waals surface area contributed by atoms with Crippen LogP contribution in [0.3, 0.4) is 0 Å². The number of nitrogens with two attached hydrogens (primary N) is 1. The highest BCUT2D eigenvalue weighted by Crippen LogP contribution is 2.35. The fourth-order valence-electron chi connectivity index (χ4n) is 6.06. The Morgan fingerprint density at radius 1 is 1.00 bits per heavy atom.